The van der Waals surface area contributed by atoms with Crippen LogP contribution in [0.1, 0.15) is 0 Å². The van der Waals surface area contributed by atoms with Gasteiger partial charge < -0.3 is 5.11 Å². The Balaban J connectivity index is 0.000000292. The quantitative estimate of drug-likeness (QED) is 0.515. The first-order valence-electron chi connectivity index (χ1n) is 2.69. The van der Waals surface area contributed by atoms with E-state index in [1.54, 1.807) is 18.2 Å². The molecule has 11 heavy (non-hydrogen) atoms. The van der Waals surface area contributed by atoms with Crippen LogP contribution in [0.25, 0.3) is 0 Å². The fourth-order valence-electron chi connectivity index (χ4n) is 0.452. The molecule has 2 N–H and O–H groups in total. The number of phenolic OH excluding ortho intramolecular Hbond substituents is 1. The average Bonchev–Trinajstić information content (AvgIpc) is 1.97. The molecule has 0 bridgehead atoms. The summed E-state index contributed by atoms with van der Waals surface area (Å²) in [5.41, 5.74) is 0. The standard InChI is InChI=1S/C6H5BrO.CHNO/c7-5-3-1-2-4-6(5)8;2-1-3/h1-4,8H;2H. The van der Waals surface area contributed by atoms with Crippen molar-refractivity contribution in [2.75, 3.05) is 0 Å². The second-order valence-electron chi connectivity index (χ2n) is 1.55. The van der Waals surface area contributed by atoms with Crippen LogP contribution in [0.2, 0.25) is 0 Å². The molecule has 0 aliphatic heterocycles. The van der Waals surface area contributed by atoms with E-state index in [0.717, 1.165) is 10.6 Å². The lowest BCUT2D eigenvalue weighted by Gasteiger charge is -1.90. The molecule has 0 aromatic heterocycles. The van der Waals surface area contributed by atoms with Gasteiger partial charge in [0.25, 0.3) is 0 Å². The molecule has 0 heterocycles. The lowest BCUT2D eigenvalue weighted by molar-refractivity contribution is 0.472. The van der Waals surface area contributed by atoms with Gasteiger partial charge in [0.1, 0.15) is 5.75 Å². The molecule has 0 saturated carbocycles. The number of hydrogen-bond donors (Lipinski definition) is 2. The summed E-state index contributed by atoms with van der Waals surface area (Å²) < 4.78 is 0.736. The van der Waals surface area contributed by atoms with Gasteiger partial charge in [-0.15, -0.1) is 0 Å². The van der Waals surface area contributed by atoms with Crippen LogP contribution in [0.4, 0.5) is 0 Å². The van der Waals surface area contributed by atoms with Crippen LogP contribution in [0.15, 0.2) is 28.7 Å². The van der Waals surface area contributed by atoms with E-state index >= 15 is 0 Å². The minimum absolute atomic E-state index is 0.285. The second-order valence-corrected chi connectivity index (χ2v) is 2.41. The minimum Gasteiger partial charge on any atom is -0.507 e. The Labute approximate surface area is 72.3 Å². The van der Waals surface area contributed by atoms with E-state index in [2.05, 4.69) is 15.9 Å². The predicted octanol–water partition coefficient (Wildman–Crippen LogP) is 2.06. The Morgan fingerprint density at radius 2 is 1.91 bits per heavy atom. The third-order valence-electron chi connectivity index (χ3n) is 0.852. The predicted molar refractivity (Wildman–Crippen MR) is 44.2 cm³/mol. The van der Waals surface area contributed by atoms with E-state index in [0.29, 0.717) is 0 Å². The first-order valence-corrected chi connectivity index (χ1v) is 3.49. The van der Waals surface area contributed by atoms with Crippen molar-refractivity contribution in [3.8, 4) is 5.75 Å². The summed E-state index contributed by atoms with van der Waals surface area (Å²) in [6.07, 6.45) is 0.750. The van der Waals surface area contributed by atoms with Gasteiger partial charge in [0.15, 0.2) is 0 Å². The molecule has 1 aromatic carbocycles. The lowest BCUT2D eigenvalue weighted by Crippen LogP contribution is -1.63. The maximum Gasteiger partial charge on any atom is 0.231 e. The fraction of sp³-hybridized carbons (Fsp3) is 0. The molecule has 4 heteroatoms. The molecular formula is C7H6BrNO2. The molecule has 0 aliphatic carbocycles. The summed E-state index contributed by atoms with van der Waals surface area (Å²) in [7, 11) is 0. The highest BCUT2D eigenvalue weighted by Crippen LogP contribution is 2.21. The molecule has 0 saturated heterocycles. The third kappa shape index (κ3) is 4.31. The molecule has 0 fully saturated rings. The highest BCUT2D eigenvalue weighted by Gasteiger charge is 1.89. The Morgan fingerprint density at radius 1 is 1.45 bits per heavy atom. The second kappa shape index (κ2) is 5.65. The van der Waals surface area contributed by atoms with Crippen LogP contribution >= 0.6 is 15.9 Å². The van der Waals surface area contributed by atoms with Crippen molar-refractivity contribution in [3.05, 3.63) is 28.7 Å². The molecule has 0 unspecified atom stereocenters. The Hall–Kier alpha value is -1.12. The van der Waals surface area contributed by atoms with Crippen molar-refractivity contribution in [1.29, 1.82) is 5.41 Å². The van der Waals surface area contributed by atoms with Crippen LogP contribution in [0.3, 0.4) is 0 Å². The van der Waals surface area contributed by atoms with Crippen LogP contribution in [-0.2, 0) is 4.79 Å². The van der Waals surface area contributed by atoms with Crippen LogP contribution in [0, 0.1) is 5.41 Å². The van der Waals surface area contributed by atoms with Crippen molar-refractivity contribution in [2.45, 2.75) is 0 Å². The number of nitrogens with one attached hydrogen (secondary N) is 1. The smallest absolute Gasteiger partial charge is 0.231 e. The molecule has 0 amide bonds. The van der Waals surface area contributed by atoms with E-state index < -0.39 is 0 Å². The minimum atomic E-state index is 0.285. The van der Waals surface area contributed by atoms with E-state index in [1.165, 1.54) is 0 Å². The number of benzene rings is 1. The largest absolute Gasteiger partial charge is 0.507 e. The topological polar surface area (TPSA) is 61.2 Å². The maximum absolute atomic E-state index is 8.87. The van der Waals surface area contributed by atoms with Crippen molar-refractivity contribution >= 4 is 22.0 Å². The molecule has 0 spiro atoms. The zero-order valence-electron chi connectivity index (χ0n) is 5.54. The van der Waals surface area contributed by atoms with Crippen molar-refractivity contribution in [1.82, 2.24) is 0 Å². The molecule has 0 radical (unpaired) electrons. The van der Waals surface area contributed by atoms with Crippen molar-refractivity contribution in [3.63, 3.8) is 0 Å². The van der Waals surface area contributed by atoms with Crippen molar-refractivity contribution < 1.29 is 9.90 Å². The molecule has 0 atom stereocenters. The average molecular weight is 216 g/mol. The van der Waals surface area contributed by atoms with Gasteiger partial charge >= 0.3 is 0 Å². The molecule has 0 aliphatic rings. The van der Waals surface area contributed by atoms with Crippen LogP contribution < -0.4 is 0 Å². The first-order chi connectivity index (χ1) is 5.22. The zero-order valence-corrected chi connectivity index (χ0v) is 7.13. The summed E-state index contributed by atoms with van der Waals surface area (Å²) in [5, 5.41) is 14.3. The molecule has 1 aromatic rings. The highest BCUT2D eigenvalue weighted by molar-refractivity contribution is 9.10. The molecular weight excluding hydrogens is 210 g/mol. The Bertz CT molecular complexity index is 235. The number of hydrogen-bond acceptors (Lipinski definition) is 3. The normalized spacial score (nSPS) is 7.36. The number of aromatic hydroxyl groups is 1. The zero-order chi connectivity index (χ0) is 8.69. The summed E-state index contributed by atoms with van der Waals surface area (Å²) >= 11 is 3.15. The monoisotopic (exact) mass is 215 g/mol. The molecule has 3 nitrogen and oxygen atoms in total. The van der Waals surface area contributed by atoms with Crippen LogP contribution in [-0.4, -0.2) is 11.2 Å². The first kappa shape index (κ1) is 9.88. The van der Waals surface area contributed by atoms with E-state index in [1.807, 2.05) is 6.07 Å². The van der Waals surface area contributed by atoms with E-state index in [9.17, 15) is 0 Å². The maximum atomic E-state index is 8.87. The number of phenols is 1. The van der Waals surface area contributed by atoms with Gasteiger partial charge in [-0.05, 0) is 28.1 Å². The van der Waals surface area contributed by atoms with Gasteiger partial charge in [0, 0.05) is 0 Å². The number of rotatable bonds is 0. The van der Waals surface area contributed by atoms with Gasteiger partial charge in [-0.1, -0.05) is 12.1 Å². The van der Waals surface area contributed by atoms with Crippen molar-refractivity contribution in [2.24, 2.45) is 0 Å². The third-order valence-corrected chi connectivity index (χ3v) is 1.52. The molecule has 58 valence electrons. The number of para-hydroxylation sites is 1. The summed E-state index contributed by atoms with van der Waals surface area (Å²) in [6.45, 7) is 0. The fourth-order valence-corrected chi connectivity index (χ4v) is 0.737. The van der Waals surface area contributed by atoms with Gasteiger partial charge in [0.05, 0.1) is 4.47 Å². The van der Waals surface area contributed by atoms with Gasteiger partial charge in [-0.2, -0.15) is 0 Å². The summed E-state index contributed by atoms with van der Waals surface area (Å²) in [4.78, 5) is 8.35. The number of isocyanates is 1. The summed E-state index contributed by atoms with van der Waals surface area (Å²) in [5.74, 6) is 0.285. The van der Waals surface area contributed by atoms with Gasteiger partial charge in [-0.3, -0.25) is 0 Å². The Kier molecular flexibility index (Phi) is 5.07. The molecule has 1 rings (SSSR count). The highest BCUT2D eigenvalue weighted by atomic mass is 79.9. The van der Waals surface area contributed by atoms with E-state index in [-0.39, 0.29) is 5.75 Å². The SMILES string of the molecule is N=C=O.Oc1ccccc1Br. The van der Waals surface area contributed by atoms with Crippen LogP contribution in [0.5, 0.6) is 5.75 Å². The lowest BCUT2D eigenvalue weighted by atomic mass is 10.3. The van der Waals surface area contributed by atoms with Gasteiger partial charge in [-0.25, -0.2) is 10.2 Å². The Morgan fingerprint density at radius 3 is 2.18 bits per heavy atom. The number of carbonyl (C=O) groups excluding carboxylic acids is 1. The summed E-state index contributed by atoms with van der Waals surface area (Å²) in [6, 6.07) is 7.04. The number of halogens is 1. The van der Waals surface area contributed by atoms with Gasteiger partial charge in [0.2, 0.25) is 6.08 Å². The van der Waals surface area contributed by atoms with E-state index in [4.69, 9.17) is 15.3 Å².